The second-order valence-corrected chi connectivity index (χ2v) is 6.28. The van der Waals surface area contributed by atoms with Gasteiger partial charge in [0.1, 0.15) is 0 Å². The van der Waals surface area contributed by atoms with Gasteiger partial charge in [-0.05, 0) is 38.0 Å². The summed E-state index contributed by atoms with van der Waals surface area (Å²) in [4.78, 5) is 14.7. The summed E-state index contributed by atoms with van der Waals surface area (Å²) >= 11 is 6.10. The molecule has 0 heterocycles. The molecule has 1 aromatic carbocycles. The first-order valence-electron chi connectivity index (χ1n) is 8.09. The van der Waals surface area contributed by atoms with E-state index < -0.39 is 0 Å². The molecule has 2 atom stereocenters. The number of anilines is 1. The normalized spacial score (nSPS) is 13.8. The number of carbonyl (C=O) groups is 1. The van der Waals surface area contributed by atoms with Crippen LogP contribution in [0.15, 0.2) is 24.3 Å². The van der Waals surface area contributed by atoms with Gasteiger partial charge >= 0.3 is 0 Å². The zero-order valence-corrected chi connectivity index (χ0v) is 14.5. The van der Waals surface area contributed by atoms with Crippen LogP contribution in [0.2, 0.25) is 5.02 Å². The van der Waals surface area contributed by atoms with Crippen molar-refractivity contribution in [2.24, 2.45) is 5.92 Å². The number of hydrogen-bond donors (Lipinski definition) is 0. The van der Waals surface area contributed by atoms with Gasteiger partial charge in [-0.25, -0.2) is 0 Å². The Morgan fingerprint density at radius 3 is 2.52 bits per heavy atom. The van der Waals surface area contributed by atoms with Crippen LogP contribution in [0.5, 0.6) is 0 Å². The van der Waals surface area contributed by atoms with Gasteiger partial charge in [0, 0.05) is 22.7 Å². The van der Waals surface area contributed by atoms with Crippen LogP contribution in [-0.4, -0.2) is 11.9 Å². The molecule has 0 radical (unpaired) electrons. The van der Waals surface area contributed by atoms with Crippen LogP contribution in [0, 0.1) is 5.92 Å². The Labute approximate surface area is 134 Å². The molecule has 118 valence electrons. The first-order chi connectivity index (χ1) is 10.0. The van der Waals surface area contributed by atoms with Crippen molar-refractivity contribution in [3.63, 3.8) is 0 Å². The van der Waals surface area contributed by atoms with Crippen LogP contribution in [0.1, 0.15) is 59.8 Å². The van der Waals surface area contributed by atoms with Gasteiger partial charge in [0.2, 0.25) is 5.91 Å². The fourth-order valence-corrected chi connectivity index (χ4v) is 2.64. The number of rotatable bonds is 8. The largest absolute Gasteiger partial charge is 0.309 e. The number of hydrogen-bond acceptors (Lipinski definition) is 1. The Hall–Kier alpha value is -1.02. The van der Waals surface area contributed by atoms with Crippen molar-refractivity contribution < 1.29 is 4.79 Å². The average molecular weight is 310 g/mol. The van der Waals surface area contributed by atoms with E-state index in [1.807, 2.05) is 36.1 Å². The highest BCUT2D eigenvalue weighted by atomic mass is 35.5. The molecule has 0 aromatic heterocycles. The Bertz CT molecular complexity index is 447. The zero-order chi connectivity index (χ0) is 15.8. The van der Waals surface area contributed by atoms with Gasteiger partial charge in [-0.3, -0.25) is 4.79 Å². The monoisotopic (exact) mass is 309 g/mol. The molecule has 0 aliphatic carbocycles. The van der Waals surface area contributed by atoms with Crippen LogP contribution >= 0.6 is 11.6 Å². The third-order valence-electron chi connectivity index (χ3n) is 4.02. The summed E-state index contributed by atoms with van der Waals surface area (Å²) in [5.41, 5.74) is 0.914. The number of amides is 1. The lowest BCUT2D eigenvalue weighted by Gasteiger charge is -2.32. The lowest BCUT2D eigenvalue weighted by Crippen LogP contribution is -2.41. The summed E-state index contributed by atoms with van der Waals surface area (Å²) in [6.07, 6.45) is 5.46. The lowest BCUT2D eigenvalue weighted by atomic mass is 10.0. The van der Waals surface area contributed by atoms with E-state index in [9.17, 15) is 4.79 Å². The molecular formula is C18H28ClNO. The SMILES string of the molecule is CCCCCC(C)N(C(=O)C(C)CC)c1cccc(Cl)c1. The van der Waals surface area contributed by atoms with Gasteiger partial charge in [-0.1, -0.05) is 57.7 Å². The Morgan fingerprint density at radius 2 is 1.95 bits per heavy atom. The molecule has 0 saturated carbocycles. The van der Waals surface area contributed by atoms with Crippen molar-refractivity contribution in [3.8, 4) is 0 Å². The van der Waals surface area contributed by atoms with Gasteiger partial charge in [-0.2, -0.15) is 0 Å². The molecule has 0 saturated heterocycles. The van der Waals surface area contributed by atoms with Crippen molar-refractivity contribution in [2.45, 2.75) is 65.8 Å². The number of carbonyl (C=O) groups excluding carboxylic acids is 1. The number of halogens is 1. The van der Waals surface area contributed by atoms with E-state index >= 15 is 0 Å². The van der Waals surface area contributed by atoms with Crippen LogP contribution in [0.3, 0.4) is 0 Å². The van der Waals surface area contributed by atoms with E-state index in [0.717, 1.165) is 24.9 Å². The van der Waals surface area contributed by atoms with Crippen molar-refractivity contribution >= 4 is 23.2 Å². The minimum atomic E-state index is 0.0395. The van der Waals surface area contributed by atoms with E-state index in [0.29, 0.717) is 5.02 Å². The smallest absolute Gasteiger partial charge is 0.230 e. The predicted octanol–water partition coefficient (Wildman–Crippen LogP) is 5.69. The highest BCUT2D eigenvalue weighted by molar-refractivity contribution is 6.30. The van der Waals surface area contributed by atoms with Crippen LogP contribution in [0.4, 0.5) is 5.69 Å². The van der Waals surface area contributed by atoms with E-state index in [4.69, 9.17) is 11.6 Å². The van der Waals surface area contributed by atoms with Gasteiger partial charge in [0.05, 0.1) is 0 Å². The second kappa shape index (κ2) is 9.09. The van der Waals surface area contributed by atoms with Crippen molar-refractivity contribution in [1.82, 2.24) is 0 Å². The predicted molar refractivity (Wildman–Crippen MR) is 92.0 cm³/mol. The van der Waals surface area contributed by atoms with Gasteiger partial charge < -0.3 is 4.90 Å². The highest BCUT2D eigenvalue weighted by Gasteiger charge is 2.25. The number of benzene rings is 1. The molecule has 0 aliphatic rings. The maximum atomic E-state index is 12.7. The van der Waals surface area contributed by atoms with Crippen molar-refractivity contribution in [3.05, 3.63) is 29.3 Å². The Morgan fingerprint density at radius 1 is 1.24 bits per heavy atom. The third-order valence-corrected chi connectivity index (χ3v) is 4.26. The first kappa shape index (κ1) is 18.0. The molecule has 0 aliphatic heterocycles. The van der Waals surface area contributed by atoms with E-state index in [1.54, 1.807) is 0 Å². The fourth-order valence-electron chi connectivity index (χ4n) is 2.46. The summed E-state index contributed by atoms with van der Waals surface area (Å²) in [7, 11) is 0. The topological polar surface area (TPSA) is 20.3 Å². The third kappa shape index (κ3) is 5.35. The minimum absolute atomic E-state index is 0.0395. The molecule has 1 amide bonds. The van der Waals surface area contributed by atoms with Crippen LogP contribution < -0.4 is 4.90 Å². The number of unbranched alkanes of at least 4 members (excludes halogenated alkanes) is 2. The Balaban J connectivity index is 2.96. The minimum Gasteiger partial charge on any atom is -0.309 e. The molecule has 0 bridgehead atoms. The van der Waals surface area contributed by atoms with Gasteiger partial charge in [0.25, 0.3) is 0 Å². The summed E-state index contributed by atoms with van der Waals surface area (Å²) in [5.74, 6) is 0.237. The fraction of sp³-hybridized carbons (Fsp3) is 0.611. The first-order valence-corrected chi connectivity index (χ1v) is 8.47. The lowest BCUT2D eigenvalue weighted by molar-refractivity contribution is -0.122. The van der Waals surface area contributed by atoms with Crippen molar-refractivity contribution in [1.29, 1.82) is 0 Å². The van der Waals surface area contributed by atoms with Crippen LogP contribution in [0.25, 0.3) is 0 Å². The Kier molecular flexibility index (Phi) is 7.81. The molecule has 0 fully saturated rings. The second-order valence-electron chi connectivity index (χ2n) is 5.84. The average Bonchev–Trinajstić information content (AvgIpc) is 2.47. The summed E-state index contributed by atoms with van der Waals surface area (Å²) in [6.45, 7) is 8.39. The maximum Gasteiger partial charge on any atom is 0.230 e. The molecule has 0 N–H and O–H groups in total. The molecule has 21 heavy (non-hydrogen) atoms. The quantitative estimate of drug-likeness (QED) is 0.565. The number of nitrogens with zero attached hydrogens (tertiary/aromatic N) is 1. The molecule has 1 aromatic rings. The zero-order valence-electron chi connectivity index (χ0n) is 13.7. The molecule has 2 nitrogen and oxygen atoms in total. The molecular weight excluding hydrogens is 282 g/mol. The molecule has 2 unspecified atom stereocenters. The molecule has 3 heteroatoms. The molecule has 0 spiro atoms. The van der Waals surface area contributed by atoms with E-state index in [1.165, 1.54) is 12.8 Å². The van der Waals surface area contributed by atoms with Gasteiger partial charge in [-0.15, -0.1) is 0 Å². The van der Waals surface area contributed by atoms with Crippen molar-refractivity contribution in [2.75, 3.05) is 4.90 Å². The highest BCUT2D eigenvalue weighted by Crippen LogP contribution is 2.26. The summed E-state index contributed by atoms with van der Waals surface area (Å²) in [6, 6.07) is 7.82. The standard InChI is InChI=1S/C18H28ClNO/c1-5-7-8-10-15(4)20(18(21)14(3)6-2)17-12-9-11-16(19)13-17/h9,11-15H,5-8,10H2,1-4H3. The summed E-state index contributed by atoms with van der Waals surface area (Å²) < 4.78 is 0. The molecule has 1 rings (SSSR count). The maximum absolute atomic E-state index is 12.7. The van der Waals surface area contributed by atoms with Crippen LogP contribution in [-0.2, 0) is 4.79 Å². The summed E-state index contributed by atoms with van der Waals surface area (Å²) in [5, 5.41) is 0.676. The van der Waals surface area contributed by atoms with Gasteiger partial charge in [0.15, 0.2) is 0 Å². The van der Waals surface area contributed by atoms with E-state index in [2.05, 4.69) is 20.8 Å². The van der Waals surface area contributed by atoms with E-state index in [-0.39, 0.29) is 17.9 Å².